The number of carbonyl (C=O) groups excluding carboxylic acids is 2. The Bertz CT molecular complexity index is 761. The lowest BCUT2D eigenvalue weighted by molar-refractivity contribution is 0.0370. The Hall–Kier alpha value is -2.50. The lowest BCUT2D eigenvalue weighted by Gasteiger charge is -2.41. The van der Waals surface area contributed by atoms with Crippen molar-refractivity contribution < 1.29 is 9.59 Å². The normalized spacial score (nSPS) is 17.8. The van der Waals surface area contributed by atoms with Gasteiger partial charge in [-0.05, 0) is 32.4 Å². The predicted octanol–water partition coefficient (Wildman–Crippen LogP) is 2.73. The van der Waals surface area contributed by atoms with E-state index in [4.69, 9.17) is 0 Å². The molecule has 0 aromatic carbocycles. The molecule has 1 atom stereocenters. The van der Waals surface area contributed by atoms with Gasteiger partial charge in [0, 0.05) is 49.5 Å². The van der Waals surface area contributed by atoms with Gasteiger partial charge in [-0.15, -0.1) is 0 Å². The lowest BCUT2D eigenvalue weighted by atomic mass is 10.0. The van der Waals surface area contributed by atoms with Gasteiger partial charge >= 0.3 is 0 Å². The summed E-state index contributed by atoms with van der Waals surface area (Å²) in [6.45, 7) is 7.66. The first-order chi connectivity index (χ1) is 12.0. The molecule has 0 saturated carbocycles. The molecule has 2 aromatic heterocycles. The highest BCUT2D eigenvalue weighted by Gasteiger charge is 2.33. The molecular weight excluding hydrogens is 316 g/mol. The standard InChI is InChI=1S/C19H26N4O2/c1-4-5-15-12-22(18(24)16-6-8-20-13(16)2)10-11-23(15)19(25)17-7-9-21-14(17)3/h6-9,15,20-21H,4-5,10-12H2,1-3H3/t15-/m1/s1. The fourth-order valence-electron chi connectivity index (χ4n) is 3.58. The SMILES string of the molecule is CCC[C@@H]1CN(C(=O)c2cc[nH]c2C)CCN1C(=O)c1cc[nH]c1C. The molecule has 2 N–H and O–H groups in total. The van der Waals surface area contributed by atoms with E-state index in [1.54, 1.807) is 12.4 Å². The van der Waals surface area contributed by atoms with Gasteiger partial charge in [0.25, 0.3) is 11.8 Å². The molecule has 0 unspecified atom stereocenters. The second kappa shape index (κ2) is 7.17. The van der Waals surface area contributed by atoms with Crippen molar-refractivity contribution in [1.82, 2.24) is 19.8 Å². The summed E-state index contributed by atoms with van der Waals surface area (Å²) >= 11 is 0. The number of hydrogen-bond acceptors (Lipinski definition) is 2. The highest BCUT2D eigenvalue weighted by Crippen LogP contribution is 2.21. The quantitative estimate of drug-likeness (QED) is 0.897. The average Bonchev–Trinajstić information content (AvgIpc) is 3.22. The predicted molar refractivity (Wildman–Crippen MR) is 96.7 cm³/mol. The Morgan fingerprint density at radius 3 is 2.16 bits per heavy atom. The van der Waals surface area contributed by atoms with Crippen LogP contribution in [0.1, 0.15) is 51.9 Å². The van der Waals surface area contributed by atoms with Crippen molar-refractivity contribution in [1.29, 1.82) is 0 Å². The van der Waals surface area contributed by atoms with Crippen molar-refractivity contribution in [2.45, 2.75) is 39.7 Å². The molecule has 0 bridgehead atoms. The van der Waals surface area contributed by atoms with Crippen LogP contribution < -0.4 is 0 Å². The van der Waals surface area contributed by atoms with E-state index in [0.717, 1.165) is 35.4 Å². The third-order valence-corrected chi connectivity index (χ3v) is 5.02. The number of aromatic amines is 2. The molecule has 25 heavy (non-hydrogen) atoms. The highest BCUT2D eigenvalue weighted by molar-refractivity contribution is 5.97. The molecule has 3 heterocycles. The summed E-state index contributed by atoms with van der Waals surface area (Å²) in [6.07, 6.45) is 5.46. The minimum Gasteiger partial charge on any atom is -0.365 e. The van der Waals surface area contributed by atoms with Crippen molar-refractivity contribution in [3.63, 3.8) is 0 Å². The Morgan fingerprint density at radius 2 is 1.64 bits per heavy atom. The van der Waals surface area contributed by atoms with Crippen LogP contribution in [-0.2, 0) is 0 Å². The smallest absolute Gasteiger partial charge is 0.256 e. The molecule has 0 aliphatic carbocycles. The van der Waals surface area contributed by atoms with E-state index in [2.05, 4.69) is 16.9 Å². The van der Waals surface area contributed by atoms with Crippen molar-refractivity contribution in [2.24, 2.45) is 0 Å². The van der Waals surface area contributed by atoms with E-state index in [1.165, 1.54) is 0 Å². The van der Waals surface area contributed by atoms with Crippen LogP contribution >= 0.6 is 0 Å². The first kappa shape index (κ1) is 17.3. The number of H-pyrrole nitrogens is 2. The van der Waals surface area contributed by atoms with Crippen molar-refractivity contribution in [3.8, 4) is 0 Å². The zero-order valence-electron chi connectivity index (χ0n) is 15.1. The molecule has 6 heteroatoms. The van der Waals surface area contributed by atoms with Gasteiger partial charge in [0.1, 0.15) is 0 Å². The van der Waals surface area contributed by atoms with E-state index in [0.29, 0.717) is 19.6 Å². The molecule has 6 nitrogen and oxygen atoms in total. The van der Waals surface area contributed by atoms with Crippen molar-refractivity contribution in [2.75, 3.05) is 19.6 Å². The number of nitrogens with zero attached hydrogens (tertiary/aromatic N) is 2. The Labute approximate surface area is 148 Å². The topological polar surface area (TPSA) is 72.2 Å². The minimum atomic E-state index is 0.0461. The van der Waals surface area contributed by atoms with Crippen LogP contribution in [0.25, 0.3) is 0 Å². The first-order valence-corrected chi connectivity index (χ1v) is 8.91. The van der Waals surface area contributed by atoms with Gasteiger partial charge in [-0.2, -0.15) is 0 Å². The summed E-state index contributed by atoms with van der Waals surface area (Å²) in [5, 5.41) is 0. The van der Waals surface area contributed by atoms with Crippen LogP contribution in [0, 0.1) is 13.8 Å². The molecule has 1 aliphatic rings. The molecule has 134 valence electrons. The maximum Gasteiger partial charge on any atom is 0.256 e. The van der Waals surface area contributed by atoms with Gasteiger partial charge in [0.05, 0.1) is 11.1 Å². The molecule has 2 aromatic rings. The summed E-state index contributed by atoms with van der Waals surface area (Å²) in [6, 6.07) is 3.72. The fraction of sp³-hybridized carbons (Fsp3) is 0.474. The number of piperazine rings is 1. The number of carbonyl (C=O) groups is 2. The zero-order chi connectivity index (χ0) is 18.0. The van der Waals surface area contributed by atoms with E-state index in [-0.39, 0.29) is 17.9 Å². The minimum absolute atomic E-state index is 0.0461. The number of hydrogen-bond donors (Lipinski definition) is 2. The molecule has 2 amide bonds. The molecule has 1 saturated heterocycles. The second-order valence-electron chi connectivity index (χ2n) is 6.72. The van der Waals surface area contributed by atoms with Gasteiger partial charge in [0.2, 0.25) is 0 Å². The van der Waals surface area contributed by atoms with Gasteiger partial charge in [-0.1, -0.05) is 13.3 Å². The van der Waals surface area contributed by atoms with Gasteiger partial charge in [0.15, 0.2) is 0 Å². The number of amides is 2. The zero-order valence-corrected chi connectivity index (χ0v) is 15.1. The maximum absolute atomic E-state index is 12.9. The van der Waals surface area contributed by atoms with Gasteiger partial charge < -0.3 is 19.8 Å². The fourth-order valence-corrected chi connectivity index (χ4v) is 3.58. The molecule has 0 radical (unpaired) electrons. The van der Waals surface area contributed by atoms with Crippen molar-refractivity contribution >= 4 is 11.8 Å². The van der Waals surface area contributed by atoms with Crippen molar-refractivity contribution in [3.05, 3.63) is 47.0 Å². The second-order valence-corrected chi connectivity index (χ2v) is 6.72. The summed E-state index contributed by atoms with van der Waals surface area (Å²) in [4.78, 5) is 35.7. The van der Waals surface area contributed by atoms with E-state index in [1.807, 2.05) is 35.8 Å². The Morgan fingerprint density at radius 1 is 1.04 bits per heavy atom. The maximum atomic E-state index is 12.9. The van der Waals surface area contributed by atoms with Gasteiger partial charge in [-0.3, -0.25) is 9.59 Å². The summed E-state index contributed by atoms with van der Waals surface area (Å²) in [5.41, 5.74) is 3.22. The molecular formula is C19H26N4O2. The van der Waals surface area contributed by atoms with Crippen LogP contribution in [0.15, 0.2) is 24.5 Å². The highest BCUT2D eigenvalue weighted by atomic mass is 16.2. The summed E-state index contributed by atoms with van der Waals surface area (Å²) < 4.78 is 0. The summed E-state index contributed by atoms with van der Waals surface area (Å²) in [5.74, 6) is 0.104. The number of aryl methyl sites for hydroxylation is 2. The average molecular weight is 342 g/mol. The largest absolute Gasteiger partial charge is 0.365 e. The number of aromatic nitrogens is 2. The third-order valence-electron chi connectivity index (χ3n) is 5.02. The molecule has 1 aliphatic heterocycles. The van der Waals surface area contributed by atoms with Crippen LogP contribution in [0.3, 0.4) is 0 Å². The van der Waals surface area contributed by atoms with Gasteiger partial charge in [-0.25, -0.2) is 0 Å². The lowest BCUT2D eigenvalue weighted by Crippen LogP contribution is -2.56. The van der Waals surface area contributed by atoms with Crippen LogP contribution in [0.2, 0.25) is 0 Å². The van der Waals surface area contributed by atoms with E-state index in [9.17, 15) is 9.59 Å². The molecule has 0 spiro atoms. The number of nitrogens with one attached hydrogen (secondary N) is 2. The van der Waals surface area contributed by atoms with E-state index < -0.39 is 0 Å². The Kier molecular flexibility index (Phi) is 4.97. The van der Waals surface area contributed by atoms with E-state index >= 15 is 0 Å². The number of rotatable bonds is 4. The van der Waals surface area contributed by atoms with Crippen LogP contribution in [-0.4, -0.2) is 57.3 Å². The molecule has 3 rings (SSSR count). The summed E-state index contributed by atoms with van der Waals surface area (Å²) in [7, 11) is 0. The van der Waals surface area contributed by atoms with Crippen LogP contribution in [0.4, 0.5) is 0 Å². The third kappa shape index (κ3) is 3.34. The Balaban J connectivity index is 1.77. The first-order valence-electron chi connectivity index (χ1n) is 8.91. The van der Waals surface area contributed by atoms with Crippen LogP contribution in [0.5, 0.6) is 0 Å². The monoisotopic (exact) mass is 342 g/mol. The molecule has 1 fully saturated rings.